The molecule has 78 valence electrons. The van der Waals surface area contributed by atoms with Gasteiger partial charge in [-0.2, -0.15) is 0 Å². The molecule has 0 aliphatic heterocycles. The van der Waals surface area contributed by atoms with Crippen LogP contribution in [-0.2, 0) is 13.1 Å². The maximum Gasteiger partial charge on any atom is 0.0948 e. The Morgan fingerprint density at radius 2 is 2.36 bits per heavy atom. The number of aromatic nitrogens is 2. The zero-order valence-corrected chi connectivity index (χ0v) is 9.08. The van der Waals surface area contributed by atoms with E-state index in [-0.39, 0.29) is 0 Å². The first kappa shape index (κ1) is 9.71. The van der Waals surface area contributed by atoms with Crippen LogP contribution in [0.4, 0.5) is 0 Å². The fourth-order valence-corrected chi connectivity index (χ4v) is 2.17. The van der Waals surface area contributed by atoms with E-state index in [2.05, 4.69) is 21.8 Å². The Balaban J connectivity index is 2.04. The minimum absolute atomic E-state index is 0.531. The van der Waals surface area contributed by atoms with E-state index >= 15 is 0 Å². The normalized spacial score (nSPS) is 19.3. The molecule has 0 aromatic carbocycles. The minimum Gasteiger partial charge on any atom is -0.333 e. The van der Waals surface area contributed by atoms with Crippen LogP contribution in [0.3, 0.4) is 0 Å². The van der Waals surface area contributed by atoms with Gasteiger partial charge in [0, 0.05) is 19.3 Å². The van der Waals surface area contributed by atoms with E-state index in [1.165, 1.54) is 25.0 Å². The molecule has 0 atom stereocenters. The lowest BCUT2D eigenvalue weighted by Crippen LogP contribution is -2.31. The molecule has 1 aromatic rings. The van der Waals surface area contributed by atoms with Crippen LogP contribution in [0.1, 0.15) is 31.9 Å². The molecule has 3 nitrogen and oxygen atoms in total. The van der Waals surface area contributed by atoms with Crippen molar-refractivity contribution in [3.63, 3.8) is 0 Å². The Morgan fingerprint density at radius 3 is 2.93 bits per heavy atom. The van der Waals surface area contributed by atoms with Gasteiger partial charge in [-0.3, -0.25) is 0 Å². The monoisotopic (exact) mass is 193 g/mol. The van der Waals surface area contributed by atoms with Gasteiger partial charge in [0.2, 0.25) is 0 Å². The van der Waals surface area contributed by atoms with Crippen molar-refractivity contribution in [1.29, 1.82) is 0 Å². The molecule has 0 radical (unpaired) electrons. The zero-order chi connectivity index (χ0) is 10.0. The summed E-state index contributed by atoms with van der Waals surface area (Å²) < 4.78 is 2.29. The molecule has 0 unspecified atom stereocenters. The predicted molar refractivity (Wildman–Crippen MR) is 56.9 cm³/mol. The smallest absolute Gasteiger partial charge is 0.0948 e. The lowest BCUT2D eigenvalue weighted by Gasteiger charge is -2.39. The van der Waals surface area contributed by atoms with Crippen LogP contribution in [0.15, 0.2) is 12.5 Å². The summed E-state index contributed by atoms with van der Waals surface area (Å²) in [5, 5.41) is 3.17. The second-order valence-corrected chi connectivity index (χ2v) is 4.71. The van der Waals surface area contributed by atoms with Crippen LogP contribution in [0.25, 0.3) is 0 Å². The molecule has 1 heterocycles. The number of nitrogens with zero attached hydrogens (tertiary/aromatic N) is 2. The van der Waals surface area contributed by atoms with Crippen molar-refractivity contribution in [2.45, 2.75) is 39.3 Å². The molecule has 1 N–H and O–H groups in total. The van der Waals surface area contributed by atoms with E-state index in [1.54, 1.807) is 0 Å². The van der Waals surface area contributed by atoms with Gasteiger partial charge in [0.05, 0.1) is 12.0 Å². The number of nitrogens with one attached hydrogen (secondary N) is 1. The average molecular weight is 193 g/mol. The van der Waals surface area contributed by atoms with Gasteiger partial charge in [-0.25, -0.2) is 4.98 Å². The third-order valence-electron chi connectivity index (χ3n) is 3.27. The SMILES string of the molecule is CNCc1cncn1CC1(C)CCC1. The number of hydrogen-bond acceptors (Lipinski definition) is 2. The van der Waals surface area contributed by atoms with Crippen LogP contribution < -0.4 is 5.32 Å². The quantitative estimate of drug-likeness (QED) is 0.790. The Hall–Kier alpha value is -0.830. The summed E-state index contributed by atoms with van der Waals surface area (Å²) in [7, 11) is 1.97. The van der Waals surface area contributed by atoms with Crippen molar-refractivity contribution in [2.75, 3.05) is 7.05 Å². The first-order valence-electron chi connectivity index (χ1n) is 5.37. The summed E-state index contributed by atoms with van der Waals surface area (Å²) in [6, 6.07) is 0. The molecule has 1 fully saturated rings. The van der Waals surface area contributed by atoms with Crippen molar-refractivity contribution in [2.24, 2.45) is 5.41 Å². The summed E-state index contributed by atoms with van der Waals surface area (Å²) in [5.41, 5.74) is 1.82. The molecule has 1 saturated carbocycles. The maximum atomic E-state index is 4.21. The van der Waals surface area contributed by atoms with Crippen molar-refractivity contribution in [3.8, 4) is 0 Å². The summed E-state index contributed by atoms with van der Waals surface area (Å²) in [4.78, 5) is 4.21. The van der Waals surface area contributed by atoms with E-state index < -0.39 is 0 Å². The lowest BCUT2D eigenvalue weighted by atomic mass is 9.70. The van der Waals surface area contributed by atoms with Gasteiger partial charge in [0.15, 0.2) is 0 Å². The van der Waals surface area contributed by atoms with Crippen LogP contribution in [-0.4, -0.2) is 16.6 Å². The lowest BCUT2D eigenvalue weighted by molar-refractivity contribution is 0.130. The molecule has 0 saturated heterocycles. The molecule has 0 bridgehead atoms. The first-order valence-corrected chi connectivity index (χ1v) is 5.37. The third-order valence-corrected chi connectivity index (χ3v) is 3.27. The Labute approximate surface area is 85.5 Å². The largest absolute Gasteiger partial charge is 0.333 e. The summed E-state index contributed by atoms with van der Waals surface area (Å²) >= 11 is 0. The molecular formula is C11H19N3. The summed E-state index contributed by atoms with van der Waals surface area (Å²) in [6.45, 7) is 4.42. The molecule has 2 rings (SSSR count). The van der Waals surface area contributed by atoms with Gasteiger partial charge in [-0.15, -0.1) is 0 Å². The van der Waals surface area contributed by atoms with E-state index in [4.69, 9.17) is 0 Å². The van der Waals surface area contributed by atoms with E-state index in [0.29, 0.717) is 5.41 Å². The highest BCUT2D eigenvalue weighted by Crippen LogP contribution is 2.41. The second-order valence-electron chi connectivity index (χ2n) is 4.71. The van der Waals surface area contributed by atoms with Gasteiger partial charge in [0.25, 0.3) is 0 Å². The number of rotatable bonds is 4. The van der Waals surface area contributed by atoms with E-state index in [0.717, 1.165) is 13.1 Å². The van der Waals surface area contributed by atoms with Gasteiger partial charge >= 0.3 is 0 Å². The van der Waals surface area contributed by atoms with E-state index in [9.17, 15) is 0 Å². The Bertz CT molecular complexity index is 299. The number of imidazole rings is 1. The van der Waals surface area contributed by atoms with Crippen LogP contribution in [0.5, 0.6) is 0 Å². The topological polar surface area (TPSA) is 29.9 Å². The highest BCUT2D eigenvalue weighted by atomic mass is 15.1. The average Bonchev–Trinajstić information content (AvgIpc) is 2.51. The molecule has 1 aromatic heterocycles. The van der Waals surface area contributed by atoms with Crippen LogP contribution in [0.2, 0.25) is 0 Å². The molecule has 1 aliphatic rings. The second kappa shape index (κ2) is 3.73. The van der Waals surface area contributed by atoms with E-state index in [1.807, 2.05) is 19.6 Å². The molecule has 1 aliphatic carbocycles. The van der Waals surface area contributed by atoms with Crippen molar-refractivity contribution >= 4 is 0 Å². The van der Waals surface area contributed by atoms with Gasteiger partial charge in [-0.1, -0.05) is 13.3 Å². The van der Waals surface area contributed by atoms with Gasteiger partial charge < -0.3 is 9.88 Å². The highest BCUT2D eigenvalue weighted by Gasteiger charge is 2.32. The zero-order valence-electron chi connectivity index (χ0n) is 9.08. The standard InChI is InChI=1S/C11H19N3/c1-11(4-3-5-11)8-14-9-13-7-10(14)6-12-2/h7,9,12H,3-6,8H2,1-2H3. The van der Waals surface area contributed by atoms with Crippen molar-refractivity contribution in [1.82, 2.24) is 14.9 Å². The third kappa shape index (κ3) is 1.82. The minimum atomic E-state index is 0.531. The molecule has 0 amide bonds. The summed E-state index contributed by atoms with van der Waals surface area (Å²) in [5.74, 6) is 0. The van der Waals surface area contributed by atoms with Crippen molar-refractivity contribution < 1.29 is 0 Å². The first-order chi connectivity index (χ1) is 6.73. The predicted octanol–water partition coefficient (Wildman–Crippen LogP) is 1.79. The number of hydrogen-bond donors (Lipinski definition) is 1. The highest BCUT2D eigenvalue weighted by molar-refractivity contribution is 4.99. The fourth-order valence-electron chi connectivity index (χ4n) is 2.17. The van der Waals surface area contributed by atoms with Crippen LogP contribution in [0, 0.1) is 5.41 Å². The van der Waals surface area contributed by atoms with Gasteiger partial charge in [-0.05, 0) is 25.3 Å². The van der Waals surface area contributed by atoms with Crippen LogP contribution >= 0.6 is 0 Å². The molecule has 0 spiro atoms. The fraction of sp³-hybridized carbons (Fsp3) is 0.727. The van der Waals surface area contributed by atoms with Crippen molar-refractivity contribution in [3.05, 3.63) is 18.2 Å². The molecule has 3 heteroatoms. The molecule has 14 heavy (non-hydrogen) atoms. The maximum absolute atomic E-state index is 4.21. The Morgan fingerprint density at radius 1 is 1.57 bits per heavy atom. The molecular weight excluding hydrogens is 174 g/mol. The Kier molecular flexibility index (Phi) is 2.59. The van der Waals surface area contributed by atoms with Gasteiger partial charge in [0.1, 0.15) is 0 Å². The summed E-state index contributed by atoms with van der Waals surface area (Å²) in [6.07, 6.45) is 8.04.